The van der Waals surface area contributed by atoms with Gasteiger partial charge in [-0.05, 0) is 37.1 Å². The van der Waals surface area contributed by atoms with Gasteiger partial charge in [-0.15, -0.1) is 22.7 Å². The van der Waals surface area contributed by atoms with E-state index < -0.39 is 10.0 Å². The fraction of sp³-hybridized carbons (Fsp3) is 0.333. The van der Waals surface area contributed by atoms with E-state index in [1.54, 1.807) is 34.1 Å². The predicted molar refractivity (Wildman–Crippen MR) is 122 cm³/mol. The van der Waals surface area contributed by atoms with Crippen molar-refractivity contribution in [2.24, 2.45) is 0 Å². The van der Waals surface area contributed by atoms with E-state index >= 15 is 0 Å². The quantitative estimate of drug-likeness (QED) is 0.527. The molecule has 1 aromatic carbocycles. The van der Waals surface area contributed by atoms with Gasteiger partial charge in [0.05, 0.1) is 23.3 Å². The second-order valence-electron chi connectivity index (χ2n) is 7.18. The molecule has 31 heavy (non-hydrogen) atoms. The van der Waals surface area contributed by atoms with E-state index in [1.807, 2.05) is 17.5 Å². The summed E-state index contributed by atoms with van der Waals surface area (Å²) < 4.78 is 33.2. The van der Waals surface area contributed by atoms with Crippen molar-refractivity contribution in [1.82, 2.24) is 9.29 Å². The maximum absolute atomic E-state index is 12.8. The van der Waals surface area contributed by atoms with Crippen LogP contribution in [0, 0.1) is 0 Å². The molecule has 164 valence electrons. The van der Waals surface area contributed by atoms with Crippen molar-refractivity contribution in [3.05, 3.63) is 57.9 Å². The molecule has 10 heteroatoms. The number of hydrogen-bond acceptors (Lipinski definition) is 7. The summed E-state index contributed by atoms with van der Waals surface area (Å²) in [6, 6.07) is 10.5. The Hall–Kier alpha value is -2.27. The Morgan fingerprint density at radius 3 is 2.71 bits per heavy atom. The van der Waals surface area contributed by atoms with E-state index in [1.165, 1.54) is 11.3 Å². The van der Waals surface area contributed by atoms with Crippen LogP contribution in [-0.4, -0.2) is 36.7 Å². The first-order chi connectivity index (χ1) is 15.0. The SMILES string of the molecule is O=C(Cc1ccc(S(=O)(=O)N2CCCCC2)s1)Nc1ccccc1OCc1cscn1. The molecule has 3 aromatic rings. The summed E-state index contributed by atoms with van der Waals surface area (Å²) in [6.45, 7) is 1.44. The number of thiazole rings is 1. The minimum absolute atomic E-state index is 0.0978. The molecule has 4 rings (SSSR count). The van der Waals surface area contributed by atoms with Gasteiger partial charge in [0.25, 0.3) is 10.0 Å². The summed E-state index contributed by atoms with van der Waals surface area (Å²) in [5.41, 5.74) is 3.14. The maximum atomic E-state index is 12.8. The van der Waals surface area contributed by atoms with Crippen molar-refractivity contribution in [2.45, 2.75) is 36.5 Å². The molecule has 0 atom stereocenters. The van der Waals surface area contributed by atoms with Crippen LogP contribution in [0.4, 0.5) is 5.69 Å². The van der Waals surface area contributed by atoms with Gasteiger partial charge in [0.15, 0.2) is 0 Å². The van der Waals surface area contributed by atoms with Gasteiger partial charge in [-0.3, -0.25) is 4.79 Å². The zero-order chi connectivity index (χ0) is 21.7. The molecule has 1 N–H and O–H groups in total. The lowest BCUT2D eigenvalue weighted by Gasteiger charge is -2.25. The highest BCUT2D eigenvalue weighted by Gasteiger charge is 2.27. The number of hydrogen-bond donors (Lipinski definition) is 1. The molecule has 1 fully saturated rings. The molecule has 3 heterocycles. The molecular formula is C21H23N3O4S3. The van der Waals surface area contributed by atoms with Gasteiger partial charge in [-0.2, -0.15) is 4.31 Å². The second kappa shape index (κ2) is 9.90. The average molecular weight is 478 g/mol. The van der Waals surface area contributed by atoms with Gasteiger partial charge in [0.1, 0.15) is 16.6 Å². The van der Waals surface area contributed by atoms with Crippen molar-refractivity contribution in [3.63, 3.8) is 0 Å². The number of thiophene rings is 1. The van der Waals surface area contributed by atoms with Crippen molar-refractivity contribution in [2.75, 3.05) is 18.4 Å². The van der Waals surface area contributed by atoms with Crippen LogP contribution in [0.5, 0.6) is 5.75 Å². The normalized spacial score (nSPS) is 15.0. The smallest absolute Gasteiger partial charge is 0.252 e. The first kappa shape index (κ1) is 21.9. The van der Waals surface area contributed by atoms with Crippen molar-refractivity contribution in [3.8, 4) is 5.75 Å². The van der Waals surface area contributed by atoms with Crippen LogP contribution < -0.4 is 10.1 Å². The summed E-state index contributed by atoms with van der Waals surface area (Å²) in [6.07, 6.45) is 2.95. The molecule has 0 bridgehead atoms. The molecule has 7 nitrogen and oxygen atoms in total. The third-order valence-corrected chi connectivity index (χ3v) is 8.99. The largest absolute Gasteiger partial charge is 0.485 e. The molecule has 1 aliphatic rings. The Labute approximate surface area is 189 Å². The number of ether oxygens (including phenoxy) is 1. The monoisotopic (exact) mass is 477 g/mol. The highest BCUT2D eigenvalue weighted by atomic mass is 32.2. The van der Waals surface area contributed by atoms with Gasteiger partial charge in [0.2, 0.25) is 5.91 Å². The lowest BCUT2D eigenvalue weighted by molar-refractivity contribution is -0.115. The van der Waals surface area contributed by atoms with E-state index in [4.69, 9.17) is 4.74 Å². The fourth-order valence-electron chi connectivity index (χ4n) is 3.33. The first-order valence-corrected chi connectivity index (χ1v) is 13.2. The lowest BCUT2D eigenvalue weighted by atomic mass is 10.2. The average Bonchev–Trinajstić information content (AvgIpc) is 3.46. The molecule has 1 aliphatic heterocycles. The third kappa shape index (κ3) is 5.51. The zero-order valence-corrected chi connectivity index (χ0v) is 19.3. The van der Waals surface area contributed by atoms with Gasteiger partial charge in [-0.1, -0.05) is 18.6 Å². The van der Waals surface area contributed by atoms with E-state index in [-0.39, 0.29) is 12.3 Å². The summed E-state index contributed by atoms with van der Waals surface area (Å²) in [7, 11) is -3.48. The highest BCUT2D eigenvalue weighted by Crippen LogP contribution is 2.28. The molecule has 2 aromatic heterocycles. The summed E-state index contributed by atoms with van der Waals surface area (Å²) in [5.74, 6) is 0.330. The lowest BCUT2D eigenvalue weighted by Crippen LogP contribution is -2.35. The second-order valence-corrected chi connectivity index (χ2v) is 11.2. The summed E-state index contributed by atoms with van der Waals surface area (Å²) in [5, 5.41) is 4.78. The van der Waals surface area contributed by atoms with Crippen LogP contribution in [-0.2, 0) is 27.8 Å². The Bertz CT molecular complexity index is 1120. The standard InChI is InChI=1S/C21H23N3O4S3/c25-20(23-18-6-2-3-7-19(18)28-13-16-14-29-15-22-16)12-17-8-9-21(30-17)31(26,27)24-10-4-1-5-11-24/h2-3,6-9,14-15H,1,4-5,10-13H2,(H,23,25). The number of sulfonamides is 1. The third-order valence-electron chi connectivity index (χ3n) is 4.90. The first-order valence-electron chi connectivity index (χ1n) is 10.00. The highest BCUT2D eigenvalue weighted by molar-refractivity contribution is 7.91. The van der Waals surface area contributed by atoms with Crippen molar-refractivity contribution >= 4 is 44.3 Å². The molecule has 0 radical (unpaired) electrons. The van der Waals surface area contributed by atoms with Crippen molar-refractivity contribution in [1.29, 1.82) is 0 Å². The number of nitrogens with one attached hydrogen (secondary N) is 1. The van der Waals surface area contributed by atoms with E-state index in [0.29, 0.717) is 40.2 Å². The maximum Gasteiger partial charge on any atom is 0.252 e. The van der Waals surface area contributed by atoms with Crippen LogP contribution >= 0.6 is 22.7 Å². The number of rotatable bonds is 8. The van der Waals surface area contributed by atoms with Crippen LogP contribution in [0.25, 0.3) is 0 Å². The molecule has 0 spiro atoms. The molecule has 1 amide bonds. The Balaban J connectivity index is 1.38. The van der Waals surface area contributed by atoms with Gasteiger partial charge in [0, 0.05) is 23.3 Å². The Morgan fingerprint density at radius 2 is 1.94 bits per heavy atom. The number of para-hydroxylation sites is 2. The topological polar surface area (TPSA) is 88.6 Å². The summed E-state index contributed by atoms with van der Waals surface area (Å²) >= 11 is 2.65. The number of carbonyl (C=O) groups excluding carboxylic acids is 1. The molecule has 0 aliphatic carbocycles. The van der Waals surface area contributed by atoms with Crippen LogP contribution in [0.1, 0.15) is 29.8 Å². The van der Waals surface area contributed by atoms with Gasteiger partial charge >= 0.3 is 0 Å². The number of piperidine rings is 1. The number of anilines is 1. The number of amides is 1. The van der Waals surface area contributed by atoms with Crippen molar-refractivity contribution < 1.29 is 17.9 Å². The van der Waals surface area contributed by atoms with Gasteiger partial charge < -0.3 is 10.1 Å². The number of carbonyl (C=O) groups is 1. The fourth-order valence-corrected chi connectivity index (χ4v) is 6.90. The predicted octanol–water partition coefficient (Wildman–Crippen LogP) is 4.14. The Kier molecular flexibility index (Phi) is 7.01. The Morgan fingerprint density at radius 1 is 1.13 bits per heavy atom. The zero-order valence-electron chi connectivity index (χ0n) is 16.8. The summed E-state index contributed by atoms with van der Waals surface area (Å²) in [4.78, 5) is 17.5. The number of benzene rings is 1. The molecule has 1 saturated heterocycles. The van der Waals surface area contributed by atoms with Crippen LogP contribution in [0.3, 0.4) is 0 Å². The molecule has 0 saturated carbocycles. The van der Waals surface area contributed by atoms with E-state index in [9.17, 15) is 13.2 Å². The molecular weight excluding hydrogens is 454 g/mol. The molecule has 0 unspecified atom stereocenters. The van der Waals surface area contributed by atoms with Gasteiger partial charge in [-0.25, -0.2) is 13.4 Å². The minimum Gasteiger partial charge on any atom is -0.485 e. The number of aromatic nitrogens is 1. The van der Waals surface area contributed by atoms with E-state index in [0.717, 1.165) is 36.3 Å². The van der Waals surface area contributed by atoms with Crippen LogP contribution in [0.2, 0.25) is 0 Å². The van der Waals surface area contributed by atoms with E-state index in [2.05, 4.69) is 10.3 Å². The van der Waals surface area contributed by atoms with Crippen LogP contribution in [0.15, 0.2) is 51.5 Å². The minimum atomic E-state index is -3.48. The number of nitrogens with zero attached hydrogens (tertiary/aromatic N) is 2.